The average Bonchev–Trinajstić information content (AvgIpc) is 2.17. The highest BCUT2D eigenvalue weighted by molar-refractivity contribution is 9.11. The van der Waals surface area contributed by atoms with Crippen LogP contribution in [0, 0.1) is 6.92 Å². The van der Waals surface area contributed by atoms with Crippen LogP contribution in [0.25, 0.3) is 0 Å². The number of thiophene rings is 1. The Kier molecular flexibility index (Phi) is 2.91. The van der Waals surface area contributed by atoms with Crippen molar-refractivity contribution in [1.29, 1.82) is 0 Å². The highest BCUT2D eigenvalue weighted by Crippen LogP contribution is 2.35. The molecular weight excluding hydrogens is 278 g/mol. The molecule has 0 atom stereocenters. The van der Waals surface area contributed by atoms with Gasteiger partial charge in [0.25, 0.3) is 0 Å². The second-order valence-electron chi connectivity index (χ2n) is 1.94. The van der Waals surface area contributed by atoms with E-state index in [9.17, 15) is 0 Å². The fraction of sp³-hybridized carbons (Fsp3) is 0.333. The first-order valence-electron chi connectivity index (χ1n) is 2.80. The molecule has 1 nitrogen and oxygen atoms in total. The third-order valence-electron chi connectivity index (χ3n) is 1.27. The Bertz CT molecular complexity index is 244. The summed E-state index contributed by atoms with van der Waals surface area (Å²) in [6.07, 6.45) is 0. The van der Waals surface area contributed by atoms with Gasteiger partial charge in [-0.1, -0.05) is 0 Å². The molecule has 0 bridgehead atoms. The molecule has 1 aromatic rings. The first-order valence-corrected chi connectivity index (χ1v) is 5.20. The summed E-state index contributed by atoms with van der Waals surface area (Å²) in [5, 5.41) is 0. The quantitative estimate of drug-likeness (QED) is 0.843. The van der Waals surface area contributed by atoms with Crippen molar-refractivity contribution in [1.82, 2.24) is 0 Å². The zero-order valence-electron chi connectivity index (χ0n) is 5.45. The first kappa shape index (κ1) is 8.71. The fourth-order valence-corrected chi connectivity index (χ4v) is 3.24. The molecule has 0 saturated carbocycles. The lowest BCUT2D eigenvalue weighted by molar-refractivity contribution is 1.10. The van der Waals surface area contributed by atoms with E-state index in [-0.39, 0.29) is 0 Å². The van der Waals surface area contributed by atoms with Crippen molar-refractivity contribution >= 4 is 43.2 Å². The lowest BCUT2D eigenvalue weighted by Gasteiger charge is -1.89. The van der Waals surface area contributed by atoms with Gasteiger partial charge in [0.2, 0.25) is 0 Å². The van der Waals surface area contributed by atoms with Gasteiger partial charge in [-0.25, -0.2) is 0 Å². The summed E-state index contributed by atoms with van der Waals surface area (Å²) in [5.74, 6) is 0. The Morgan fingerprint density at radius 2 is 2.10 bits per heavy atom. The molecule has 1 rings (SSSR count). The maximum absolute atomic E-state index is 5.49. The van der Waals surface area contributed by atoms with Gasteiger partial charge < -0.3 is 5.73 Å². The van der Waals surface area contributed by atoms with Gasteiger partial charge in [-0.3, -0.25) is 0 Å². The lowest BCUT2D eigenvalue weighted by Crippen LogP contribution is -1.92. The van der Waals surface area contributed by atoms with Gasteiger partial charge in [-0.2, -0.15) is 0 Å². The van der Waals surface area contributed by atoms with Crippen LogP contribution in [0.1, 0.15) is 10.4 Å². The van der Waals surface area contributed by atoms with Crippen molar-refractivity contribution in [3.05, 3.63) is 18.7 Å². The minimum atomic E-state index is 0.609. The normalized spacial score (nSPS) is 10.4. The van der Waals surface area contributed by atoms with E-state index in [1.54, 1.807) is 11.3 Å². The van der Waals surface area contributed by atoms with Crippen LogP contribution >= 0.6 is 43.2 Å². The number of nitrogens with two attached hydrogens (primary N) is 1. The van der Waals surface area contributed by atoms with E-state index < -0.39 is 0 Å². The molecule has 0 aromatic carbocycles. The number of hydrogen-bond donors (Lipinski definition) is 1. The molecule has 0 aliphatic rings. The molecule has 0 amide bonds. The van der Waals surface area contributed by atoms with E-state index in [1.165, 1.54) is 14.2 Å². The molecule has 0 spiro atoms. The second kappa shape index (κ2) is 3.34. The van der Waals surface area contributed by atoms with Crippen molar-refractivity contribution in [3.8, 4) is 0 Å². The van der Waals surface area contributed by atoms with E-state index in [0.29, 0.717) is 6.54 Å². The van der Waals surface area contributed by atoms with Gasteiger partial charge in [-0.05, 0) is 44.3 Å². The summed E-state index contributed by atoms with van der Waals surface area (Å²) in [7, 11) is 0. The molecular formula is C6H7Br2NS. The van der Waals surface area contributed by atoms with E-state index in [2.05, 4.69) is 38.8 Å². The van der Waals surface area contributed by atoms with Crippen LogP contribution < -0.4 is 5.73 Å². The molecule has 0 unspecified atom stereocenters. The molecule has 56 valence electrons. The van der Waals surface area contributed by atoms with Gasteiger partial charge in [0.15, 0.2) is 0 Å². The third-order valence-corrected chi connectivity index (χ3v) is 4.79. The highest BCUT2D eigenvalue weighted by atomic mass is 79.9. The molecule has 2 N–H and O–H groups in total. The van der Waals surface area contributed by atoms with Crippen LogP contribution in [0.3, 0.4) is 0 Å². The third kappa shape index (κ3) is 1.44. The Balaban J connectivity index is 3.17. The number of hydrogen-bond acceptors (Lipinski definition) is 2. The first-order chi connectivity index (χ1) is 4.66. The molecule has 0 radical (unpaired) electrons. The van der Waals surface area contributed by atoms with E-state index in [4.69, 9.17) is 5.73 Å². The highest BCUT2D eigenvalue weighted by Gasteiger charge is 2.08. The summed E-state index contributed by atoms with van der Waals surface area (Å²) < 4.78 is 2.31. The van der Waals surface area contributed by atoms with Gasteiger partial charge in [-0.15, -0.1) is 11.3 Å². The SMILES string of the molecule is Cc1c(Br)sc(CN)c1Br. The monoisotopic (exact) mass is 283 g/mol. The zero-order valence-corrected chi connectivity index (χ0v) is 9.44. The molecule has 0 fully saturated rings. The summed E-state index contributed by atoms with van der Waals surface area (Å²) in [6.45, 7) is 2.67. The topological polar surface area (TPSA) is 26.0 Å². The van der Waals surface area contributed by atoms with E-state index in [0.717, 1.165) is 4.47 Å². The smallest absolute Gasteiger partial charge is 0.0742 e. The van der Waals surface area contributed by atoms with Gasteiger partial charge in [0, 0.05) is 15.9 Å². The van der Waals surface area contributed by atoms with Gasteiger partial charge in [0.05, 0.1) is 3.79 Å². The summed E-state index contributed by atoms with van der Waals surface area (Å²) in [4.78, 5) is 1.20. The largest absolute Gasteiger partial charge is 0.326 e. The van der Waals surface area contributed by atoms with Crippen LogP contribution in [-0.2, 0) is 6.54 Å². The minimum Gasteiger partial charge on any atom is -0.326 e. The van der Waals surface area contributed by atoms with Crippen LogP contribution in [0.2, 0.25) is 0 Å². The van der Waals surface area contributed by atoms with Crippen molar-refractivity contribution in [3.63, 3.8) is 0 Å². The molecule has 1 heterocycles. The number of halogens is 2. The Labute approximate surface area is 80.9 Å². The summed E-state index contributed by atoms with van der Waals surface area (Å²) >= 11 is 8.59. The molecule has 4 heteroatoms. The zero-order chi connectivity index (χ0) is 7.72. The fourth-order valence-electron chi connectivity index (χ4n) is 0.656. The maximum Gasteiger partial charge on any atom is 0.0742 e. The molecule has 0 saturated heterocycles. The van der Waals surface area contributed by atoms with Crippen molar-refractivity contribution in [2.24, 2.45) is 5.73 Å². The van der Waals surface area contributed by atoms with Crippen LogP contribution in [0.15, 0.2) is 8.26 Å². The van der Waals surface area contributed by atoms with Crippen molar-refractivity contribution < 1.29 is 0 Å². The summed E-state index contributed by atoms with van der Waals surface area (Å²) in [6, 6.07) is 0. The second-order valence-corrected chi connectivity index (χ2v) is 5.16. The lowest BCUT2D eigenvalue weighted by atomic mass is 10.3. The summed E-state index contributed by atoms with van der Waals surface area (Å²) in [5.41, 5.74) is 6.73. The van der Waals surface area contributed by atoms with Crippen LogP contribution in [0.4, 0.5) is 0 Å². The standard InChI is InChI=1S/C6H7Br2NS/c1-3-5(7)4(2-9)10-6(3)8/h2,9H2,1H3. The predicted molar refractivity (Wildman–Crippen MR) is 52.3 cm³/mol. The van der Waals surface area contributed by atoms with Gasteiger partial charge >= 0.3 is 0 Å². The molecule has 10 heavy (non-hydrogen) atoms. The predicted octanol–water partition coefficient (Wildman–Crippen LogP) is 3.04. The Morgan fingerprint density at radius 3 is 2.30 bits per heavy atom. The molecule has 1 aromatic heterocycles. The van der Waals surface area contributed by atoms with Crippen LogP contribution in [0.5, 0.6) is 0 Å². The Morgan fingerprint density at radius 1 is 1.50 bits per heavy atom. The van der Waals surface area contributed by atoms with E-state index >= 15 is 0 Å². The Hall–Kier alpha value is 0.620. The minimum absolute atomic E-state index is 0.609. The number of rotatable bonds is 1. The van der Waals surface area contributed by atoms with Crippen molar-refractivity contribution in [2.75, 3.05) is 0 Å². The molecule has 0 aliphatic carbocycles. The van der Waals surface area contributed by atoms with E-state index in [1.807, 2.05) is 0 Å². The maximum atomic E-state index is 5.49. The molecule has 0 aliphatic heterocycles. The van der Waals surface area contributed by atoms with Crippen molar-refractivity contribution in [2.45, 2.75) is 13.5 Å². The average molecular weight is 285 g/mol. The van der Waals surface area contributed by atoms with Gasteiger partial charge in [0.1, 0.15) is 0 Å². The van der Waals surface area contributed by atoms with Crippen LogP contribution in [-0.4, -0.2) is 0 Å².